The first-order chi connectivity index (χ1) is 9.88. The first-order valence-corrected chi connectivity index (χ1v) is 6.42. The minimum atomic E-state index is -0.781. The number of nitro benzene ring substituents is 1. The molecule has 0 heterocycles. The number of para-hydroxylation sites is 1. The molecule has 0 saturated heterocycles. The Labute approximate surface area is 121 Å². The van der Waals surface area contributed by atoms with Gasteiger partial charge in [-0.3, -0.25) is 19.7 Å². The van der Waals surface area contributed by atoms with Crippen molar-refractivity contribution < 1.29 is 19.6 Å². The van der Waals surface area contributed by atoms with Gasteiger partial charge in [0.15, 0.2) is 0 Å². The summed E-state index contributed by atoms with van der Waals surface area (Å²) in [7, 11) is 0. The Kier molecular flexibility index (Phi) is 5.65. The minimum absolute atomic E-state index is 0.221. The molecule has 0 aliphatic carbocycles. The molecule has 0 aliphatic rings. The van der Waals surface area contributed by atoms with E-state index in [-0.39, 0.29) is 18.7 Å². The molecule has 2 amide bonds. The van der Waals surface area contributed by atoms with Gasteiger partial charge in [-0.2, -0.15) is 0 Å². The van der Waals surface area contributed by atoms with Crippen molar-refractivity contribution in [2.45, 2.75) is 19.8 Å². The van der Waals surface area contributed by atoms with E-state index in [0.29, 0.717) is 6.42 Å². The molecule has 1 aromatic carbocycles. The van der Waals surface area contributed by atoms with E-state index in [0.717, 1.165) is 12.5 Å². The number of phenols is 1. The molecule has 21 heavy (non-hydrogen) atoms. The van der Waals surface area contributed by atoms with Crippen molar-refractivity contribution >= 4 is 17.5 Å². The number of hydrogen-bond donors (Lipinski definition) is 2. The summed E-state index contributed by atoms with van der Waals surface area (Å²) < 4.78 is 0. The summed E-state index contributed by atoms with van der Waals surface area (Å²) in [5.74, 6) is -2.06. The first kappa shape index (κ1) is 16.4. The van der Waals surface area contributed by atoms with Gasteiger partial charge < -0.3 is 15.7 Å². The quantitative estimate of drug-likeness (QED) is 0.573. The highest BCUT2D eigenvalue weighted by Crippen LogP contribution is 2.30. The number of primary amides is 1. The van der Waals surface area contributed by atoms with E-state index in [1.165, 1.54) is 17.0 Å². The predicted molar refractivity (Wildman–Crippen MR) is 74.8 cm³/mol. The summed E-state index contributed by atoms with van der Waals surface area (Å²) in [5, 5.41) is 20.6. The number of phenolic OH excluding ortho intramolecular Hbond substituents is 1. The molecule has 0 fully saturated rings. The topological polar surface area (TPSA) is 127 Å². The lowest BCUT2D eigenvalue weighted by Crippen LogP contribution is -2.39. The van der Waals surface area contributed by atoms with Crippen molar-refractivity contribution in [2.24, 2.45) is 5.73 Å². The summed E-state index contributed by atoms with van der Waals surface area (Å²) in [4.78, 5) is 34.5. The Morgan fingerprint density at radius 2 is 2.10 bits per heavy atom. The van der Waals surface area contributed by atoms with Crippen molar-refractivity contribution in [3.8, 4) is 5.75 Å². The largest absolute Gasteiger partial charge is 0.502 e. The number of unbranched alkanes of at least 4 members (excludes halogenated alkanes) is 1. The van der Waals surface area contributed by atoms with Gasteiger partial charge in [-0.25, -0.2) is 0 Å². The van der Waals surface area contributed by atoms with Gasteiger partial charge in [0.25, 0.3) is 5.91 Å². The first-order valence-electron chi connectivity index (χ1n) is 6.42. The maximum Gasteiger partial charge on any atom is 0.311 e. The van der Waals surface area contributed by atoms with Crippen LogP contribution in [0.1, 0.15) is 30.1 Å². The molecule has 0 spiro atoms. The molecule has 1 aromatic rings. The van der Waals surface area contributed by atoms with Crippen LogP contribution >= 0.6 is 0 Å². The molecule has 8 heteroatoms. The van der Waals surface area contributed by atoms with E-state index in [9.17, 15) is 24.8 Å². The van der Waals surface area contributed by atoms with Crippen LogP contribution in [-0.2, 0) is 4.79 Å². The van der Waals surface area contributed by atoms with Crippen LogP contribution in [-0.4, -0.2) is 39.8 Å². The van der Waals surface area contributed by atoms with Gasteiger partial charge in [0, 0.05) is 12.6 Å². The lowest BCUT2D eigenvalue weighted by atomic mass is 10.1. The van der Waals surface area contributed by atoms with Gasteiger partial charge >= 0.3 is 5.69 Å². The van der Waals surface area contributed by atoms with Crippen LogP contribution in [0, 0.1) is 10.1 Å². The average Bonchev–Trinajstić information content (AvgIpc) is 2.42. The summed E-state index contributed by atoms with van der Waals surface area (Å²) in [6, 6.07) is 3.66. The molecule has 8 nitrogen and oxygen atoms in total. The highest BCUT2D eigenvalue weighted by atomic mass is 16.6. The Morgan fingerprint density at radius 3 is 2.62 bits per heavy atom. The van der Waals surface area contributed by atoms with Crippen LogP contribution in [0.5, 0.6) is 5.75 Å². The summed E-state index contributed by atoms with van der Waals surface area (Å²) in [6.07, 6.45) is 1.44. The highest BCUT2D eigenvalue weighted by molar-refractivity contribution is 5.99. The van der Waals surface area contributed by atoms with Gasteiger partial charge in [0.2, 0.25) is 11.7 Å². The van der Waals surface area contributed by atoms with E-state index in [1.54, 1.807) is 0 Å². The van der Waals surface area contributed by atoms with Crippen molar-refractivity contribution in [3.05, 3.63) is 33.9 Å². The fourth-order valence-electron chi connectivity index (χ4n) is 1.81. The number of nitrogens with two attached hydrogens (primary N) is 1. The number of nitrogens with zero attached hydrogens (tertiary/aromatic N) is 2. The Morgan fingerprint density at radius 1 is 1.43 bits per heavy atom. The van der Waals surface area contributed by atoms with Gasteiger partial charge in [-0.05, 0) is 12.5 Å². The maximum atomic E-state index is 12.3. The zero-order valence-electron chi connectivity index (χ0n) is 11.6. The standard InChI is InChI=1S/C13H17N3O5/c1-2-3-7-15(8-11(14)17)13(19)9-5-4-6-10(12(9)18)16(20)21/h4-6,18H,2-3,7-8H2,1H3,(H2,14,17). The number of aromatic hydroxyl groups is 1. The third-order valence-electron chi connectivity index (χ3n) is 2.86. The number of rotatable bonds is 7. The Bertz CT molecular complexity index is 559. The van der Waals surface area contributed by atoms with E-state index >= 15 is 0 Å². The maximum absolute atomic E-state index is 12.3. The zero-order chi connectivity index (χ0) is 16.0. The van der Waals surface area contributed by atoms with Gasteiger partial charge in [0.1, 0.15) is 0 Å². The number of hydrogen-bond acceptors (Lipinski definition) is 5. The molecular weight excluding hydrogens is 278 g/mol. The van der Waals surface area contributed by atoms with E-state index < -0.39 is 28.2 Å². The highest BCUT2D eigenvalue weighted by Gasteiger charge is 2.25. The van der Waals surface area contributed by atoms with Crippen LogP contribution in [0.2, 0.25) is 0 Å². The SMILES string of the molecule is CCCCN(CC(N)=O)C(=O)c1cccc([N+](=O)[O-])c1O. The van der Waals surface area contributed by atoms with Gasteiger partial charge in [0.05, 0.1) is 17.0 Å². The molecule has 0 unspecified atom stereocenters. The second-order valence-electron chi connectivity index (χ2n) is 4.48. The summed E-state index contributed by atoms with van der Waals surface area (Å²) >= 11 is 0. The molecule has 0 aromatic heterocycles. The Balaban J connectivity index is 3.11. The number of carbonyl (C=O) groups is 2. The molecule has 0 bridgehead atoms. The molecule has 114 valence electrons. The molecule has 1 rings (SSSR count). The molecule has 3 N–H and O–H groups in total. The normalized spacial score (nSPS) is 10.1. The summed E-state index contributed by atoms with van der Waals surface area (Å²) in [5.41, 5.74) is 4.31. The van der Waals surface area contributed by atoms with Crippen LogP contribution in [0.15, 0.2) is 18.2 Å². The van der Waals surface area contributed by atoms with E-state index in [4.69, 9.17) is 5.73 Å². The van der Waals surface area contributed by atoms with Crippen molar-refractivity contribution in [2.75, 3.05) is 13.1 Å². The Hall–Kier alpha value is -2.64. The second kappa shape index (κ2) is 7.22. The van der Waals surface area contributed by atoms with Crippen LogP contribution < -0.4 is 5.73 Å². The molecule has 0 radical (unpaired) electrons. The second-order valence-corrected chi connectivity index (χ2v) is 4.48. The van der Waals surface area contributed by atoms with Crippen molar-refractivity contribution in [3.63, 3.8) is 0 Å². The lowest BCUT2D eigenvalue weighted by molar-refractivity contribution is -0.385. The van der Waals surface area contributed by atoms with Crippen molar-refractivity contribution in [1.29, 1.82) is 0 Å². The van der Waals surface area contributed by atoms with Gasteiger partial charge in [-0.15, -0.1) is 0 Å². The minimum Gasteiger partial charge on any atom is -0.502 e. The fourth-order valence-corrected chi connectivity index (χ4v) is 1.81. The third kappa shape index (κ3) is 4.16. The summed E-state index contributed by atoms with van der Waals surface area (Å²) in [6.45, 7) is 1.89. The molecule has 0 saturated carbocycles. The van der Waals surface area contributed by atoms with Gasteiger partial charge in [-0.1, -0.05) is 19.4 Å². The zero-order valence-corrected chi connectivity index (χ0v) is 11.6. The molecule has 0 aliphatic heterocycles. The van der Waals surface area contributed by atoms with E-state index in [2.05, 4.69) is 0 Å². The third-order valence-corrected chi connectivity index (χ3v) is 2.86. The van der Waals surface area contributed by atoms with E-state index in [1.807, 2.05) is 6.92 Å². The lowest BCUT2D eigenvalue weighted by Gasteiger charge is -2.21. The van der Waals surface area contributed by atoms with Crippen LogP contribution in [0.25, 0.3) is 0 Å². The van der Waals surface area contributed by atoms with Crippen LogP contribution in [0.4, 0.5) is 5.69 Å². The molecule has 0 atom stereocenters. The van der Waals surface area contributed by atoms with Crippen molar-refractivity contribution in [1.82, 2.24) is 4.90 Å². The number of benzene rings is 1. The average molecular weight is 295 g/mol. The number of nitro groups is 1. The smallest absolute Gasteiger partial charge is 0.311 e. The number of amides is 2. The monoisotopic (exact) mass is 295 g/mol. The van der Waals surface area contributed by atoms with Crippen LogP contribution in [0.3, 0.4) is 0 Å². The predicted octanol–water partition coefficient (Wildman–Crippen LogP) is 1.03. The number of carbonyl (C=O) groups excluding carboxylic acids is 2. The fraction of sp³-hybridized carbons (Fsp3) is 0.385. The molecular formula is C13H17N3O5.